The maximum Gasteiger partial charge on any atom is 0.312 e. The fraction of sp³-hybridized carbons (Fsp3) is 0.625. The average Bonchev–Trinajstić information content (AvgIpc) is 2.30. The van der Waals surface area contributed by atoms with E-state index in [0.717, 1.165) is 32.1 Å². The van der Waals surface area contributed by atoms with Gasteiger partial charge in [0.05, 0.1) is 0 Å². The normalized spacial score (nSPS) is 18.4. The number of amides is 1. The minimum atomic E-state index is -0.577. The van der Waals surface area contributed by atoms with Gasteiger partial charge in [-0.3, -0.25) is 4.79 Å². The third-order valence-corrected chi connectivity index (χ3v) is 1.90. The molecule has 0 aromatic heterocycles. The lowest BCUT2D eigenvalue weighted by Gasteiger charge is -1.94. The number of rotatable bonds is 1. The van der Waals surface area contributed by atoms with Crippen LogP contribution < -0.4 is 0 Å². The fourth-order valence-electron chi connectivity index (χ4n) is 1.27. The van der Waals surface area contributed by atoms with Crippen molar-refractivity contribution < 1.29 is 4.79 Å². The predicted octanol–water partition coefficient (Wildman–Crippen LogP) is 2.17. The van der Waals surface area contributed by atoms with E-state index in [9.17, 15) is 9.70 Å². The molecule has 11 heavy (non-hydrogen) atoms. The van der Waals surface area contributed by atoms with E-state index in [1.807, 2.05) is 6.08 Å². The van der Waals surface area contributed by atoms with Gasteiger partial charge in [-0.25, -0.2) is 0 Å². The standard InChI is InChI=1S/C8H11NO2/c10-8(9-11)7-5-3-1-2-4-6-7/h5H,1-4,6H2. The number of carbonyl (C=O) groups excluding carboxylic acids is 1. The number of carbonyl (C=O) groups is 1. The van der Waals surface area contributed by atoms with Crippen LogP contribution in [0.15, 0.2) is 16.8 Å². The molecule has 1 aliphatic rings. The lowest BCUT2D eigenvalue weighted by atomic mass is 10.1. The van der Waals surface area contributed by atoms with Gasteiger partial charge in [0.1, 0.15) is 0 Å². The summed E-state index contributed by atoms with van der Waals surface area (Å²) in [6.45, 7) is 0. The highest BCUT2D eigenvalue weighted by Crippen LogP contribution is 2.17. The molecule has 0 fully saturated rings. The summed E-state index contributed by atoms with van der Waals surface area (Å²) in [6, 6.07) is 0. The monoisotopic (exact) mass is 153 g/mol. The quantitative estimate of drug-likeness (QED) is 0.542. The van der Waals surface area contributed by atoms with Crippen LogP contribution in [0.1, 0.15) is 32.1 Å². The molecule has 0 radical (unpaired) electrons. The summed E-state index contributed by atoms with van der Waals surface area (Å²) in [6.07, 6.45) is 6.76. The van der Waals surface area contributed by atoms with Crippen LogP contribution in [0.4, 0.5) is 0 Å². The summed E-state index contributed by atoms with van der Waals surface area (Å²) >= 11 is 0. The number of hydrogen-bond acceptors (Lipinski definition) is 2. The molecule has 0 saturated heterocycles. The first-order chi connectivity index (χ1) is 5.34. The molecular weight excluding hydrogens is 142 g/mol. The van der Waals surface area contributed by atoms with E-state index in [4.69, 9.17) is 0 Å². The molecule has 0 spiro atoms. The maximum atomic E-state index is 10.8. The second-order valence-corrected chi connectivity index (χ2v) is 2.73. The minimum absolute atomic E-state index is 0.577. The molecule has 1 amide bonds. The van der Waals surface area contributed by atoms with E-state index in [1.54, 1.807) is 0 Å². The van der Waals surface area contributed by atoms with E-state index in [0.29, 0.717) is 5.57 Å². The van der Waals surface area contributed by atoms with Gasteiger partial charge >= 0.3 is 5.91 Å². The van der Waals surface area contributed by atoms with Gasteiger partial charge in [-0.1, -0.05) is 12.5 Å². The van der Waals surface area contributed by atoms with Crippen molar-refractivity contribution in [3.63, 3.8) is 0 Å². The van der Waals surface area contributed by atoms with E-state index in [2.05, 4.69) is 5.18 Å². The smallest absolute Gasteiger partial charge is 0.264 e. The third kappa shape index (κ3) is 2.26. The van der Waals surface area contributed by atoms with Gasteiger partial charge in [-0.2, -0.15) is 0 Å². The Morgan fingerprint density at radius 2 is 2.18 bits per heavy atom. The van der Waals surface area contributed by atoms with Crippen LogP contribution in [0, 0.1) is 4.91 Å². The van der Waals surface area contributed by atoms with E-state index < -0.39 is 5.91 Å². The largest absolute Gasteiger partial charge is 0.312 e. The van der Waals surface area contributed by atoms with Crippen molar-refractivity contribution >= 4 is 5.91 Å². The molecule has 1 aliphatic carbocycles. The van der Waals surface area contributed by atoms with Crippen molar-refractivity contribution in [3.05, 3.63) is 16.6 Å². The Hall–Kier alpha value is -0.990. The zero-order valence-corrected chi connectivity index (χ0v) is 6.38. The second-order valence-electron chi connectivity index (χ2n) is 2.73. The Morgan fingerprint density at radius 1 is 1.36 bits per heavy atom. The highest BCUT2D eigenvalue weighted by Gasteiger charge is 2.10. The summed E-state index contributed by atoms with van der Waals surface area (Å²) < 4.78 is 0. The van der Waals surface area contributed by atoms with Crippen LogP contribution in [0.25, 0.3) is 0 Å². The molecule has 0 aliphatic heterocycles. The Balaban J connectivity index is 2.60. The lowest BCUT2D eigenvalue weighted by Crippen LogP contribution is -1.96. The number of allylic oxidation sites excluding steroid dienone is 1. The molecule has 0 atom stereocenters. The van der Waals surface area contributed by atoms with Crippen molar-refractivity contribution in [2.24, 2.45) is 5.18 Å². The van der Waals surface area contributed by atoms with Crippen LogP contribution in [-0.2, 0) is 4.79 Å². The summed E-state index contributed by atoms with van der Waals surface area (Å²) in [7, 11) is 0. The zero-order chi connectivity index (χ0) is 8.10. The van der Waals surface area contributed by atoms with Crippen molar-refractivity contribution in [2.45, 2.75) is 32.1 Å². The zero-order valence-electron chi connectivity index (χ0n) is 6.38. The predicted molar refractivity (Wildman–Crippen MR) is 42.0 cm³/mol. The van der Waals surface area contributed by atoms with Gasteiger partial charge in [-0.15, -0.1) is 4.91 Å². The Kier molecular flexibility index (Phi) is 2.95. The topological polar surface area (TPSA) is 46.5 Å². The highest BCUT2D eigenvalue weighted by atomic mass is 16.3. The van der Waals surface area contributed by atoms with Gasteiger partial charge < -0.3 is 0 Å². The van der Waals surface area contributed by atoms with Crippen LogP contribution in [-0.4, -0.2) is 5.91 Å². The van der Waals surface area contributed by atoms with Crippen LogP contribution in [0.2, 0.25) is 0 Å². The summed E-state index contributed by atoms with van der Waals surface area (Å²) in [4.78, 5) is 20.6. The van der Waals surface area contributed by atoms with Crippen LogP contribution in [0.5, 0.6) is 0 Å². The van der Waals surface area contributed by atoms with Crippen molar-refractivity contribution in [1.82, 2.24) is 0 Å². The SMILES string of the molecule is O=NC(=O)C1=CCCCCC1. The first-order valence-electron chi connectivity index (χ1n) is 3.91. The molecule has 3 heteroatoms. The number of nitrogens with zero attached hydrogens (tertiary/aromatic N) is 1. The molecule has 3 nitrogen and oxygen atoms in total. The lowest BCUT2D eigenvalue weighted by molar-refractivity contribution is -0.114. The Bertz CT molecular complexity index is 196. The first-order valence-corrected chi connectivity index (χ1v) is 3.91. The molecule has 0 saturated carbocycles. The Labute approximate surface area is 65.5 Å². The van der Waals surface area contributed by atoms with Gasteiger partial charge in [0.15, 0.2) is 0 Å². The highest BCUT2D eigenvalue weighted by molar-refractivity contribution is 5.93. The number of hydrogen-bond donors (Lipinski definition) is 0. The van der Waals surface area contributed by atoms with Crippen molar-refractivity contribution in [2.75, 3.05) is 0 Å². The number of nitroso groups, excluding NO2 is 1. The molecule has 0 aromatic rings. The van der Waals surface area contributed by atoms with E-state index in [1.165, 1.54) is 0 Å². The van der Waals surface area contributed by atoms with Gasteiger partial charge in [-0.05, 0) is 25.7 Å². The molecule has 0 N–H and O–H groups in total. The summed E-state index contributed by atoms with van der Waals surface area (Å²) in [5, 5.41) is 2.40. The molecule has 0 aromatic carbocycles. The van der Waals surface area contributed by atoms with Gasteiger partial charge in [0.2, 0.25) is 0 Å². The molecule has 0 unspecified atom stereocenters. The third-order valence-electron chi connectivity index (χ3n) is 1.90. The van der Waals surface area contributed by atoms with Gasteiger partial charge in [0, 0.05) is 10.7 Å². The van der Waals surface area contributed by atoms with Crippen molar-refractivity contribution in [3.8, 4) is 0 Å². The van der Waals surface area contributed by atoms with Crippen LogP contribution >= 0.6 is 0 Å². The average molecular weight is 153 g/mol. The maximum absolute atomic E-state index is 10.8. The molecular formula is C8H11NO2. The van der Waals surface area contributed by atoms with E-state index >= 15 is 0 Å². The van der Waals surface area contributed by atoms with E-state index in [-0.39, 0.29) is 0 Å². The van der Waals surface area contributed by atoms with Gasteiger partial charge in [0.25, 0.3) is 0 Å². The molecule has 0 heterocycles. The minimum Gasteiger partial charge on any atom is -0.264 e. The molecule has 1 rings (SSSR count). The summed E-state index contributed by atoms with van der Waals surface area (Å²) in [5.41, 5.74) is 0.609. The summed E-state index contributed by atoms with van der Waals surface area (Å²) in [5.74, 6) is -0.577. The first kappa shape index (κ1) is 8.11. The second kappa shape index (κ2) is 4.01. The fourth-order valence-corrected chi connectivity index (χ4v) is 1.27. The Morgan fingerprint density at radius 3 is 2.91 bits per heavy atom. The van der Waals surface area contributed by atoms with Crippen molar-refractivity contribution in [1.29, 1.82) is 0 Å². The molecule has 0 bridgehead atoms. The van der Waals surface area contributed by atoms with Crippen LogP contribution in [0.3, 0.4) is 0 Å². The molecule has 60 valence electrons.